The molecule has 3 atom stereocenters. The molecular formula is C15H25O. The molecule has 0 aromatic rings. The first kappa shape index (κ1) is 11.1. The molecule has 0 aromatic carbocycles. The highest BCUT2D eigenvalue weighted by atomic mass is 16.5. The third-order valence-electron chi connectivity index (χ3n) is 5.34. The lowest BCUT2D eigenvalue weighted by molar-refractivity contribution is -0.0406. The summed E-state index contributed by atoms with van der Waals surface area (Å²) < 4.78 is 5.62. The van der Waals surface area contributed by atoms with E-state index in [4.69, 9.17) is 4.74 Å². The molecule has 4 bridgehead atoms. The molecule has 4 rings (SSSR count). The number of hydrogen-bond acceptors (Lipinski definition) is 1. The second-order valence-electron chi connectivity index (χ2n) is 6.61. The van der Waals surface area contributed by atoms with Crippen molar-refractivity contribution >= 4 is 0 Å². The van der Waals surface area contributed by atoms with Gasteiger partial charge in [-0.3, -0.25) is 0 Å². The van der Waals surface area contributed by atoms with Crippen LogP contribution in [0.2, 0.25) is 0 Å². The Balaban J connectivity index is 1.73. The number of hydrogen-bond donors (Lipinski definition) is 0. The van der Waals surface area contributed by atoms with Gasteiger partial charge in [0.05, 0.1) is 6.10 Å². The van der Waals surface area contributed by atoms with Crippen molar-refractivity contribution in [3.63, 3.8) is 0 Å². The van der Waals surface area contributed by atoms with Crippen molar-refractivity contribution in [1.82, 2.24) is 0 Å². The quantitative estimate of drug-likeness (QED) is 0.701. The van der Waals surface area contributed by atoms with Crippen LogP contribution in [0.3, 0.4) is 0 Å². The van der Waals surface area contributed by atoms with Gasteiger partial charge in [0.25, 0.3) is 0 Å². The monoisotopic (exact) mass is 221 g/mol. The summed E-state index contributed by atoms with van der Waals surface area (Å²) in [7, 11) is 1.88. The molecule has 0 heterocycles. The lowest BCUT2D eigenvalue weighted by Crippen LogP contribution is -2.47. The molecule has 4 aliphatic carbocycles. The average Bonchev–Trinajstić information content (AvgIpc) is 2.24. The van der Waals surface area contributed by atoms with Gasteiger partial charge in [-0.25, -0.2) is 0 Å². The van der Waals surface area contributed by atoms with Crippen LogP contribution in [0.5, 0.6) is 0 Å². The summed E-state index contributed by atoms with van der Waals surface area (Å²) in [5.74, 6) is 3.06. The number of ether oxygens (including phenoxy) is 1. The van der Waals surface area contributed by atoms with E-state index in [1.807, 2.05) is 7.11 Å². The molecule has 1 radical (unpaired) electrons. The Morgan fingerprint density at radius 2 is 1.94 bits per heavy atom. The Morgan fingerprint density at radius 3 is 2.44 bits per heavy atom. The van der Waals surface area contributed by atoms with Gasteiger partial charge in [0.2, 0.25) is 0 Å². The zero-order valence-corrected chi connectivity index (χ0v) is 10.7. The van der Waals surface area contributed by atoms with Crippen LogP contribution in [0.1, 0.15) is 51.9 Å². The number of methoxy groups -OCH3 is 1. The summed E-state index contributed by atoms with van der Waals surface area (Å²) in [6.07, 6.45) is 13.2. The maximum absolute atomic E-state index is 5.62. The van der Waals surface area contributed by atoms with E-state index < -0.39 is 0 Å². The minimum atomic E-state index is 0.493. The van der Waals surface area contributed by atoms with E-state index in [1.165, 1.54) is 44.9 Å². The van der Waals surface area contributed by atoms with Crippen molar-refractivity contribution in [2.24, 2.45) is 23.2 Å². The van der Waals surface area contributed by atoms with Crippen molar-refractivity contribution in [3.05, 3.63) is 6.42 Å². The van der Waals surface area contributed by atoms with Crippen molar-refractivity contribution in [3.8, 4) is 0 Å². The van der Waals surface area contributed by atoms with E-state index in [-0.39, 0.29) is 0 Å². The Bertz CT molecular complexity index is 219. The molecule has 3 unspecified atom stereocenters. The predicted molar refractivity (Wildman–Crippen MR) is 66.0 cm³/mol. The molecule has 4 aliphatic rings. The lowest BCUT2D eigenvalue weighted by Gasteiger charge is -2.57. The fourth-order valence-corrected chi connectivity index (χ4v) is 5.04. The van der Waals surface area contributed by atoms with Crippen LogP contribution in [0, 0.1) is 29.6 Å². The van der Waals surface area contributed by atoms with Gasteiger partial charge in [-0.2, -0.15) is 0 Å². The van der Waals surface area contributed by atoms with Gasteiger partial charge >= 0.3 is 0 Å². The van der Waals surface area contributed by atoms with Crippen LogP contribution >= 0.6 is 0 Å². The second kappa shape index (κ2) is 4.01. The molecule has 4 saturated carbocycles. The van der Waals surface area contributed by atoms with Gasteiger partial charge in [0.1, 0.15) is 0 Å². The summed E-state index contributed by atoms with van der Waals surface area (Å²) in [5.41, 5.74) is 0.575. The highest BCUT2D eigenvalue weighted by Gasteiger charge is 2.51. The summed E-state index contributed by atoms with van der Waals surface area (Å²) in [4.78, 5) is 0. The van der Waals surface area contributed by atoms with Crippen molar-refractivity contribution in [2.45, 2.75) is 58.0 Å². The zero-order valence-electron chi connectivity index (χ0n) is 10.7. The Labute approximate surface area is 99.9 Å². The normalized spacial score (nSPS) is 47.2. The van der Waals surface area contributed by atoms with E-state index in [2.05, 4.69) is 13.3 Å². The Hall–Kier alpha value is -0.0400. The first-order valence-electron chi connectivity index (χ1n) is 7.12. The van der Waals surface area contributed by atoms with E-state index in [1.54, 1.807) is 0 Å². The average molecular weight is 221 g/mol. The van der Waals surface area contributed by atoms with Crippen LogP contribution in [-0.2, 0) is 4.74 Å². The molecule has 0 aromatic heterocycles. The van der Waals surface area contributed by atoms with Crippen LogP contribution < -0.4 is 0 Å². The summed E-state index contributed by atoms with van der Waals surface area (Å²) in [6.45, 7) is 2.26. The Kier molecular flexibility index (Phi) is 2.78. The van der Waals surface area contributed by atoms with Gasteiger partial charge in [-0.05, 0) is 74.5 Å². The molecule has 1 heteroatoms. The Morgan fingerprint density at radius 1 is 1.25 bits per heavy atom. The van der Waals surface area contributed by atoms with E-state index in [0.717, 1.165) is 17.8 Å². The molecule has 0 N–H and O–H groups in total. The van der Waals surface area contributed by atoms with Crippen LogP contribution in [0.4, 0.5) is 0 Å². The molecule has 1 nitrogen and oxygen atoms in total. The van der Waals surface area contributed by atoms with Crippen LogP contribution in [-0.4, -0.2) is 13.2 Å². The number of rotatable bonds is 4. The van der Waals surface area contributed by atoms with Gasteiger partial charge in [-0.15, -0.1) is 0 Å². The molecule has 0 aliphatic heterocycles. The zero-order chi connectivity index (χ0) is 11.2. The predicted octanol–water partition coefficient (Wildman–Crippen LogP) is 3.83. The molecule has 4 fully saturated rings. The molecule has 0 amide bonds. The highest BCUT2D eigenvalue weighted by molar-refractivity contribution is 5.11. The molecule has 16 heavy (non-hydrogen) atoms. The van der Waals surface area contributed by atoms with Gasteiger partial charge in [-0.1, -0.05) is 6.92 Å². The topological polar surface area (TPSA) is 9.23 Å². The lowest BCUT2D eigenvalue weighted by atomic mass is 9.48. The summed E-state index contributed by atoms with van der Waals surface area (Å²) >= 11 is 0. The third kappa shape index (κ3) is 1.81. The summed E-state index contributed by atoms with van der Waals surface area (Å²) in [6, 6.07) is 0. The molecule has 0 saturated heterocycles. The smallest absolute Gasteiger partial charge is 0.0574 e. The first-order chi connectivity index (χ1) is 7.73. The van der Waals surface area contributed by atoms with Gasteiger partial charge < -0.3 is 4.74 Å². The third-order valence-corrected chi connectivity index (χ3v) is 5.34. The minimum absolute atomic E-state index is 0.493. The first-order valence-corrected chi connectivity index (χ1v) is 7.12. The van der Waals surface area contributed by atoms with Crippen LogP contribution in [0.25, 0.3) is 0 Å². The van der Waals surface area contributed by atoms with E-state index >= 15 is 0 Å². The van der Waals surface area contributed by atoms with E-state index in [9.17, 15) is 0 Å². The molecular weight excluding hydrogens is 196 g/mol. The SMILES string of the molecule is CCC(CC12[CH]C3CC(CC(C3)C1)C2)OC. The fraction of sp³-hybridized carbons (Fsp3) is 0.933. The molecule has 91 valence electrons. The fourth-order valence-electron chi connectivity index (χ4n) is 5.04. The van der Waals surface area contributed by atoms with Gasteiger partial charge in [0, 0.05) is 7.11 Å². The second-order valence-corrected chi connectivity index (χ2v) is 6.61. The van der Waals surface area contributed by atoms with Crippen molar-refractivity contribution < 1.29 is 4.74 Å². The highest BCUT2D eigenvalue weighted by Crippen LogP contribution is 2.61. The van der Waals surface area contributed by atoms with Crippen LogP contribution in [0.15, 0.2) is 0 Å². The minimum Gasteiger partial charge on any atom is -0.381 e. The van der Waals surface area contributed by atoms with Crippen molar-refractivity contribution in [2.75, 3.05) is 7.11 Å². The van der Waals surface area contributed by atoms with Gasteiger partial charge in [0.15, 0.2) is 0 Å². The molecule has 0 spiro atoms. The standard InChI is InChI=1S/C15H25O/c1-3-14(16-2)10-15-7-11-4-12(8-15)6-13(5-11)9-15/h7,11-14H,3-6,8-10H2,1-2H3. The maximum Gasteiger partial charge on any atom is 0.0574 e. The van der Waals surface area contributed by atoms with Crippen molar-refractivity contribution in [1.29, 1.82) is 0 Å². The van der Waals surface area contributed by atoms with E-state index in [0.29, 0.717) is 11.5 Å². The summed E-state index contributed by atoms with van der Waals surface area (Å²) in [5, 5.41) is 0. The largest absolute Gasteiger partial charge is 0.381 e. The maximum atomic E-state index is 5.62.